The summed E-state index contributed by atoms with van der Waals surface area (Å²) >= 11 is 1.40. The highest BCUT2D eigenvalue weighted by atomic mass is 32.1. The van der Waals surface area contributed by atoms with E-state index in [9.17, 15) is 4.79 Å². The first-order valence-electron chi connectivity index (χ1n) is 11.3. The Kier molecular flexibility index (Phi) is 7.74. The highest BCUT2D eigenvalue weighted by Crippen LogP contribution is 2.32. The Balaban J connectivity index is 1.57. The van der Waals surface area contributed by atoms with Crippen LogP contribution >= 0.6 is 11.3 Å². The summed E-state index contributed by atoms with van der Waals surface area (Å²) in [6.45, 7) is 7.11. The Morgan fingerprint density at radius 2 is 1.77 bits per heavy atom. The maximum Gasteiger partial charge on any atom is 0.258 e. The summed E-state index contributed by atoms with van der Waals surface area (Å²) < 4.78 is 11.4. The van der Waals surface area contributed by atoms with Gasteiger partial charge in [-0.15, -0.1) is 11.3 Å². The van der Waals surface area contributed by atoms with E-state index in [1.807, 2.05) is 12.1 Å². The molecule has 0 saturated carbocycles. The second-order valence-corrected chi connectivity index (χ2v) is 8.62. The predicted molar refractivity (Wildman–Crippen MR) is 139 cm³/mol. The maximum atomic E-state index is 13.1. The molecule has 10 heteroatoms. The molecular formula is C25H28N6O3S. The van der Waals surface area contributed by atoms with Crippen LogP contribution in [0.3, 0.4) is 0 Å². The Bertz CT molecular complexity index is 1300. The van der Waals surface area contributed by atoms with Crippen molar-refractivity contribution in [3.05, 3.63) is 59.4 Å². The minimum absolute atomic E-state index is 0.282. The molecule has 0 spiro atoms. The molecule has 4 rings (SSSR count). The van der Waals surface area contributed by atoms with Crippen LogP contribution in [0.2, 0.25) is 0 Å². The molecule has 4 aromatic rings. The zero-order valence-electron chi connectivity index (χ0n) is 20.2. The van der Waals surface area contributed by atoms with Gasteiger partial charge in [-0.1, -0.05) is 13.8 Å². The third-order valence-electron chi connectivity index (χ3n) is 5.58. The van der Waals surface area contributed by atoms with Gasteiger partial charge in [0.05, 0.1) is 30.0 Å². The number of amides is 1. The molecule has 0 aliphatic carbocycles. The minimum atomic E-state index is -0.282. The number of ether oxygens (including phenoxy) is 2. The van der Waals surface area contributed by atoms with Crippen molar-refractivity contribution in [2.45, 2.75) is 20.4 Å². The number of anilines is 3. The standard InChI is InChI=1S/C25H28N6O3S/c1-5-31(6-2)13-16-7-8-26-21(9-16)30-24-23-22(27-15-28-24)20(14-35-23)25(32)29-17-10-18(33-3)12-19(11-17)34-4/h7-12,14-15H,5-6,13H2,1-4H3,(H,29,32)(H,26,27,28,30). The van der Waals surface area contributed by atoms with Crippen LogP contribution in [0.5, 0.6) is 11.5 Å². The number of pyridine rings is 1. The van der Waals surface area contributed by atoms with Crippen LogP contribution in [0.4, 0.5) is 17.3 Å². The first-order valence-corrected chi connectivity index (χ1v) is 12.1. The average molecular weight is 493 g/mol. The van der Waals surface area contributed by atoms with Crippen molar-refractivity contribution in [3.63, 3.8) is 0 Å². The number of nitrogens with zero attached hydrogens (tertiary/aromatic N) is 4. The minimum Gasteiger partial charge on any atom is -0.497 e. The molecule has 0 atom stereocenters. The number of aromatic nitrogens is 3. The molecule has 2 N–H and O–H groups in total. The molecule has 0 fully saturated rings. The van der Waals surface area contributed by atoms with Crippen LogP contribution in [-0.4, -0.2) is 53.1 Å². The lowest BCUT2D eigenvalue weighted by atomic mass is 10.2. The molecule has 182 valence electrons. The van der Waals surface area contributed by atoms with E-state index in [1.54, 1.807) is 44.0 Å². The summed E-state index contributed by atoms with van der Waals surface area (Å²) in [5, 5.41) is 7.97. The predicted octanol–water partition coefficient (Wildman–Crippen LogP) is 4.94. The number of thiophene rings is 1. The number of carbonyl (C=O) groups excluding carboxylic acids is 1. The van der Waals surface area contributed by atoms with E-state index in [-0.39, 0.29) is 5.91 Å². The molecule has 1 amide bonds. The van der Waals surface area contributed by atoms with Gasteiger partial charge in [0, 0.05) is 42.0 Å². The monoisotopic (exact) mass is 492 g/mol. The van der Waals surface area contributed by atoms with Crippen LogP contribution in [0.15, 0.2) is 48.2 Å². The zero-order valence-corrected chi connectivity index (χ0v) is 21.0. The van der Waals surface area contributed by atoms with Crippen LogP contribution in [0.1, 0.15) is 29.8 Å². The number of carbonyl (C=O) groups is 1. The Morgan fingerprint density at radius 3 is 2.46 bits per heavy atom. The summed E-state index contributed by atoms with van der Waals surface area (Å²) in [5.74, 6) is 2.18. The number of methoxy groups -OCH3 is 2. The third-order valence-corrected chi connectivity index (χ3v) is 6.55. The molecular weight excluding hydrogens is 464 g/mol. The lowest BCUT2D eigenvalue weighted by Gasteiger charge is -2.18. The summed E-state index contributed by atoms with van der Waals surface area (Å²) in [5.41, 5.74) is 2.75. The van der Waals surface area contributed by atoms with Crippen LogP contribution in [-0.2, 0) is 6.54 Å². The van der Waals surface area contributed by atoms with Crippen molar-refractivity contribution < 1.29 is 14.3 Å². The van der Waals surface area contributed by atoms with Crippen molar-refractivity contribution in [2.75, 3.05) is 37.9 Å². The number of benzene rings is 1. The fourth-order valence-electron chi connectivity index (χ4n) is 3.65. The second kappa shape index (κ2) is 11.1. The van der Waals surface area contributed by atoms with E-state index >= 15 is 0 Å². The summed E-state index contributed by atoms with van der Waals surface area (Å²) in [6.07, 6.45) is 3.23. The highest BCUT2D eigenvalue weighted by molar-refractivity contribution is 7.18. The first-order chi connectivity index (χ1) is 17.0. The molecule has 9 nitrogen and oxygen atoms in total. The van der Waals surface area contributed by atoms with Crippen molar-refractivity contribution in [2.24, 2.45) is 0 Å². The molecule has 0 aliphatic rings. The van der Waals surface area contributed by atoms with Crippen LogP contribution < -0.4 is 20.1 Å². The van der Waals surface area contributed by atoms with Gasteiger partial charge in [-0.3, -0.25) is 9.69 Å². The quantitative estimate of drug-likeness (QED) is 0.321. The topological polar surface area (TPSA) is 102 Å². The number of hydrogen-bond acceptors (Lipinski definition) is 9. The average Bonchev–Trinajstić information content (AvgIpc) is 3.32. The Labute approximate surface area is 208 Å². The highest BCUT2D eigenvalue weighted by Gasteiger charge is 2.18. The van der Waals surface area contributed by atoms with Crippen LogP contribution in [0, 0.1) is 0 Å². The normalized spacial score (nSPS) is 11.0. The first kappa shape index (κ1) is 24.4. The maximum absolute atomic E-state index is 13.1. The largest absolute Gasteiger partial charge is 0.497 e. The van der Waals surface area contributed by atoms with Gasteiger partial charge in [-0.25, -0.2) is 15.0 Å². The molecule has 0 aliphatic heterocycles. The lowest BCUT2D eigenvalue weighted by molar-refractivity contribution is 0.102. The van der Waals surface area contributed by atoms with E-state index in [0.29, 0.717) is 39.9 Å². The zero-order chi connectivity index (χ0) is 24.8. The van der Waals surface area contributed by atoms with Crippen molar-refractivity contribution in [3.8, 4) is 11.5 Å². The molecule has 3 heterocycles. The fraction of sp³-hybridized carbons (Fsp3) is 0.280. The Hall–Kier alpha value is -3.76. The smallest absolute Gasteiger partial charge is 0.258 e. The van der Waals surface area contributed by atoms with Crippen molar-refractivity contribution >= 4 is 44.8 Å². The van der Waals surface area contributed by atoms with Gasteiger partial charge in [-0.2, -0.15) is 0 Å². The molecule has 3 aromatic heterocycles. The van der Waals surface area contributed by atoms with Crippen molar-refractivity contribution in [1.29, 1.82) is 0 Å². The van der Waals surface area contributed by atoms with Gasteiger partial charge in [0.15, 0.2) is 5.82 Å². The second-order valence-electron chi connectivity index (χ2n) is 7.74. The van der Waals surface area contributed by atoms with Gasteiger partial charge in [-0.05, 0) is 30.8 Å². The Morgan fingerprint density at radius 1 is 1.03 bits per heavy atom. The SMILES string of the molecule is CCN(CC)Cc1ccnc(Nc2ncnc3c(C(=O)Nc4cc(OC)cc(OC)c4)csc23)c1. The molecule has 35 heavy (non-hydrogen) atoms. The van der Waals surface area contributed by atoms with Gasteiger partial charge in [0.25, 0.3) is 5.91 Å². The summed E-state index contributed by atoms with van der Waals surface area (Å²) in [4.78, 5) is 28.6. The van der Waals surface area contributed by atoms with E-state index in [1.165, 1.54) is 17.7 Å². The fourth-order valence-corrected chi connectivity index (χ4v) is 4.59. The number of nitrogens with one attached hydrogen (secondary N) is 2. The number of hydrogen-bond donors (Lipinski definition) is 2. The van der Waals surface area contributed by atoms with Gasteiger partial charge < -0.3 is 20.1 Å². The number of fused-ring (bicyclic) bond motifs is 1. The number of rotatable bonds is 10. The van der Waals surface area contributed by atoms with E-state index < -0.39 is 0 Å². The van der Waals surface area contributed by atoms with Crippen LogP contribution in [0.25, 0.3) is 10.2 Å². The van der Waals surface area contributed by atoms with E-state index in [0.717, 1.165) is 29.9 Å². The third kappa shape index (κ3) is 5.67. The summed E-state index contributed by atoms with van der Waals surface area (Å²) in [7, 11) is 3.12. The molecule has 0 radical (unpaired) electrons. The molecule has 1 aromatic carbocycles. The summed E-state index contributed by atoms with van der Waals surface area (Å²) in [6, 6.07) is 9.23. The van der Waals surface area contributed by atoms with E-state index in [4.69, 9.17) is 9.47 Å². The molecule has 0 unspecified atom stereocenters. The molecule has 0 bridgehead atoms. The van der Waals surface area contributed by atoms with Gasteiger partial charge in [0.2, 0.25) is 0 Å². The van der Waals surface area contributed by atoms with E-state index in [2.05, 4.69) is 44.3 Å². The molecule has 0 saturated heterocycles. The van der Waals surface area contributed by atoms with Gasteiger partial charge in [0.1, 0.15) is 23.6 Å². The van der Waals surface area contributed by atoms with Crippen molar-refractivity contribution in [1.82, 2.24) is 19.9 Å². The lowest BCUT2D eigenvalue weighted by Crippen LogP contribution is -2.22. The van der Waals surface area contributed by atoms with Gasteiger partial charge >= 0.3 is 0 Å².